The Balaban J connectivity index is 2.32. The van der Waals surface area contributed by atoms with Gasteiger partial charge < -0.3 is 5.02 Å². The summed E-state index contributed by atoms with van der Waals surface area (Å²) in [6, 6.07) is 19.9. The summed E-state index contributed by atoms with van der Waals surface area (Å²) in [6.45, 7) is 1.24. The van der Waals surface area contributed by atoms with Crippen LogP contribution in [0.3, 0.4) is 0 Å². The fourth-order valence-electron chi connectivity index (χ4n) is 1.43. The van der Waals surface area contributed by atoms with Gasteiger partial charge in [-0.1, -0.05) is 55.4 Å². The monoisotopic (exact) mass is 194 g/mol. The summed E-state index contributed by atoms with van der Waals surface area (Å²) in [5, 5.41) is 9.33. The van der Waals surface area contributed by atoms with Gasteiger partial charge in [-0.2, -0.15) is 0 Å². The molecule has 0 fully saturated rings. The molecule has 1 N–H and O–H groups in total. The first kappa shape index (κ1) is 9.83. The van der Waals surface area contributed by atoms with E-state index in [0.717, 1.165) is 16.6 Å². The minimum absolute atomic E-state index is 0.480. The van der Waals surface area contributed by atoms with Crippen LogP contribution in [0.4, 0.5) is 0 Å². The Morgan fingerprint density at radius 1 is 1.00 bits per heavy atom. The van der Waals surface area contributed by atoms with Crippen molar-refractivity contribution in [3.63, 3.8) is 0 Å². The van der Waals surface area contributed by atoms with Crippen LogP contribution in [-0.4, -0.2) is 11.9 Å². The van der Waals surface area contributed by atoms with Crippen molar-refractivity contribution in [1.29, 1.82) is 0 Å². The zero-order valence-corrected chi connectivity index (χ0v) is 8.57. The van der Waals surface area contributed by atoms with E-state index in [2.05, 4.69) is 12.1 Å². The van der Waals surface area contributed by atoms with Gasteiger partial charge in [-0.05, 0) is 11.6 Å². The summed E-state index contributed by atoms with van der Waals surface area (Å²) < 4.78 is 0. The van der Waals surface area contributed by atoms with E-state index in [-0.39, 0.29) is 0 Å². The average Bonchev–Trinajstić information content (AvgIpc) is 2.30. The lowest BCUT2D eigenvalue weighted by Crippen LogP contribution is -2.24. The van der Waals surface area contributed by atoms with Crippen LogP contribution < -0.4 is 5.46 Å². The molecule has 0 aliphatic heterocycles. The molecule has 0 atom stereocenters. The van der Waals surface area contributed by atoms with Gasteiger partial charge in [0, 0.05) is 11.0 Å². The fraction of sp³-hybridized carbons (Fsp3) is 0.0769. The Hall–Kier alpha value is -1.72. The van der Waals surface area contributed by atoms with Crippen LogP contribution in [0.5, 0.6) is 0 Å². The third kappa shape index (κ3) is 2.20. The minimum Gasteiger partial charge on any atom is -0.446 e. The summed E-state index contributed by atoms with van der Waals surface area (Å²) in [6.07, 6.45) is 0. The van der Waals surface area contributed by atoms with Crippen LogP contribution >= 0.6 is 0 Å². The van der Waals surface area contributed by atoms with Gasteiger partial charge in [0.05, 0.1) is 0 Å². The van der Waals surface area contributed by atoms with Crippen molar-refractivity contribution >= 4 is 12.4 Å². The fourth-order valence-corrected chi connectivity index (χ4v) is 1.43. The third-order valence-electron chi connectivity index (χ3n) is 2.31. The van der Waals surface area contributed by atoms with Gasteiger partial charge in [-0.25, -0.2) is 0 Å². The minimum atomic E-state index is -0.480. The Labute approximate surface area is 90.5 Å². The molecule has 72 valence electrons. The van der Waals surface area contributed by atoms with E-state index >= 15 is 0 Å². The molecule has 0 aliphatic carbocycles. The maximum absolute atomic E-state index is 9.33. The van der Waals surface area contributed by atoms with Crippen molar-refractivity contribution in [3.05, 3.63) is 54.6 Å². The van der Waals surface area contributed by atoms with Gasteiger partial charge in [0.2, 0.25) is 0 Å². The molecular formula is C13H11BO. The first-order chi connectivity index (χ1) is 7.27. The largest absolute Gasteiger partial charge is 0.446 e. The number of rotatable bonds is 2. The second-order valence-electron chi connectivity index (χ2n) is 3.49. The molecule has 0 radical (unpaired) electrons. The zero-order chi connectivity index (χ0) is 10.7. The molecule has 0 saturated heterocycles. The maximum atomic E-state index is 9.33. The van der Waals surface area contributed by atoms with E-state index in [9.17, 15) is 5.02 Å². The van der Waals surface area contributed by atoms with Crippen molar-refractivity contribution < 1.29 is 5.02 Å². The van der Waals surface area contributed by atoms with Crippen molar-refractivity contribution in [2.24, 2.45) is 0 Å². The molecule has 0 saturated carbocycles. The summed E-state index contributed by atoms with van der Waals surface area (Å²) in [5.41, 5.74) is 2.89. The Bertz CT molecular complexity index is 420. The highest BCUT2D eigenvalue weighted by atomic mass is 16.2. The van der Waals surface area contributed by atoms with Gasteiger partial charge in [-0.15, -0.1) is 0 Å². The lowest BCUT2D eigenvalue weighted by Gasteiger charge is -1.99. The highest BCUT2D eigenvalue weighted by Gasteiger charge is 2.05. The molecule has 0 heterocycles. The second-order valence-corrected chi connectivity index (χ2v) is 3.49. The van der Waals surface area contributed by atoms with E-state index in [0.29, 0.717) is 0 Å². The molecule has 0 bridgehead atoms. The first-order valence-corrected chi connectivity index (χ1v) is 4.95. The maximum Gasteiger partial charge on any atom is 0.329 e. The Morgan fingerprint density at radius 3 is 2.27 bits per heavy atom. The molecular weight excluding hydrogens is 183 g/mol. The number of benzene rings is 1. The molecule has 0 aromatic heterocycles. The van der Waals surface area contributed by atoms with Crippen LogP contribution in [0.25, 0.3) is 11.1 Å². The van der Waals surface area contributed by atoms with E-state index in [4.69, 9.17) is 0 Å². The lowest BCUT2D eigenvalue weighted by atomic mass is 9.65. The molecule has 2 aromatic carbocycles. The smallest absolute Gasteiger partial charge is 0.329 e. The molecule has 15 heavy (non-hydrogen) atoms. The Kier molecular flexibility index (Phi) is 2.76. The lowest BCUT2D eigenvalue weighted by molar-refractivity contribution is 0.594. The predicted molar refractivity (Wildman–Crippen MR) is 63.0 cm³/mol. The molecule has 0 aliphatic rings. The van der Waals surface area contributed by atoms with Crippen LogP contribution in [-0.2, 0) is 0 Å². The summed E-state index contributed by atoms with van der Waals surface area (Å²) in [4.78, 5) is 0. The highest BCUT2D eigenvalue weighted by molar-refractivity contribution is 6.64. The predicted octanol–water partition coefficient (Wildman–Crippen LogP) is 1.77. The molecule has 2 aromatic rings. The summed E-state index contributed by atoms with van der Waals surface area (Å²) in [7, 11) is 0. The Morgan fingerprint density at radius 2 is 1.73 bits per heavy atom. The third-order valence-corrected chi connectivity index (χ3v) is 2.31. The second kappa shape index (κ2) is 4.21. The van der Waals surface area contributed by atoms with Gasteiger partial charge in [-0.3, -0.25) is 0 Å². The molecule has 0 unspecified atom stereocenters. The summed E-state index contributed by atoms with van der Waals surface area (Å²) in [5.74, 6) is 0. The van der Waals surface area contributed by atoms with E-state index in [1.165, 1.54) is 0 Å². The van der Waals surface area contributed by atoms with Crippen molar-refractivity contribution in [3.8, 4) is 11.1 Å². The van der Waals surface area contributed by atoms with Crippen LogP contribution in [0.15, 0.2) is 42.5 Å². The van der Waals surface area contributed by atoms with Gasteiger partial charge in [0.1, 0.15) is 0 Å². The highest BCUT2D eigenvalue weighted by Crippen LogP contribution is 2.14. The van der Waals surface area contributed by atoms with Crippen LogP contribution in [0.1, 0.15) is 0 Å². The van der Waals surface area contributed by atoms with Crippen LogP contribution in [0.2, 0.25) is 6.82 Å². The van der Waals surface area contributed by atoms with Gasteiger partial charge in [0.15, 0.2) is 0 Å². The molecule has 2 heteroatoms. The zero-order valence-electron chi connectivity index (χ0n) is 8.57. The van der Waals surface area contributed by atoms with E-state index in [1.54, 1.807) is 6.82 Å². The van der Waals surface area contributed by atoms with Crippen molar-refractivity contribution in [1.82, 2.24) is 0 Å². The van der Waals surface area contributed by atoms with Gasteiger partial charge >= 0.3 is 6.92 Å². The normalized spacial score (nSPS) is 9.47. The number of hydrogen-bond donors (Lipinski definition) is 1. The quantitative estimate of drug-likeness (QED) is 0.722. The SMILES string of the molecule is CB(O)c1c#cc(-c2ccccc2)cc1. The molecule has 1 nitrogen and oxygen atoms in total. The molecule has 0 spiro atoms. The van der Waals surface area contributed by atoms with Gasteiger partial charge in [0.25, 0.3) is 0 Å². The first-order valence-electron chi connectivity index (χ1n) is 4.95. The average molecular weight is 194 g/mol. The summed E-state index contributed by atoms with van der Waals surface area (Å²) >= 11 is 0. The van der Waals surface area contributed by atoms with Crippen molar-refractivity contribution in [2.75, 3.05) is 0 Å². The molecule has 0 amide bonds. The van der Waals surface area contributed by atoms with Crippen molar-refractivity contribution in [2.45, 2.75) is 6.82 Å². The topological polar surface area (TPSA) is 20.2 Å². The standard InChI is InChI=1S/C13H11BO/c1-14(15)13-9-7-12(8-10-13)11-5-3-2-4-6-11/h2-7,9,15H,1H3. The van der Waals surface area contributed by atoms with E-state index in [1.807, 2.05) is 42.5 Å². The van der Waals surface area contributed by atoms with E-state index < -0.39 is 6.92 Å². The van der Waals surface area contributed by atoms with Crippen LogP contribution in [0, 0.1) is 12.1 Å². The molecule has 2 rings (SSSR count). The number of hydrogen-bond acceptors (Lipinski definition) is 1.